The minimum atomic E-state index is -0.996. The van der Waals surface area contributed by atoms with Crippen molar-refractivity contribution in [3.05, 3.63) is 54.2 Å². The van der Waals surface area contributed by atoms with E-state index in [9.17, 15) is 9.59 Å². The SMILES string of the molecule is C=CCN1C(=O)[C@]2(CC(=O)Nc3[nH]ncc32)c2ccccc21. The summed E-state index contributed by atoms with van der Waals surface area (Å²) < 4.78 is 0. The molecule has 6 nitrogen and oxygen atoms in total. The Kier molecular flexibility index (Phi) is 2.51. The lowest BCUT2D eigenvalue weighted by Gasteiger charge is -2.31. The number of hydrogen-bond acceptors (Lipinski definition) is 3. The van der Waals surface area contributed by atoms with Crippen molar-refractivity contribution in [1.29, 1.82) is 0 Å². The molecule has 2 aromatic rings. The second-order valence-electron chi connectivity index (χ2n) is 5.51. The van der Waals surface area contributed by atoms with Crippen LogP contribution in [0.25, 0.3) is 0 Å². The van der Waals surface area contributed by atoms with Crippen LogP contribution in [0.5, 0.6) is 0 Å². The first-order valence-corrected chi connectivity index (χ1v) is 7.04. The molecule has 1 spiro atoms. The molecule has 0 radical (unpaired) electrons. The number of anilines is 2. The van der Waals surface area contributed by atoms with E-state index >= 15 is 0 Å². The Hall–Kier alpha value is -2.89. The summed E-state index contributed by atoms with van der Waals surface area (Å²) >= 11 is 0. The van der Waals surface area contributed by atoms with Crippen molar-refractivity contribution in [1.82, 2.24) is 10.2 Å². The number of nitrogens with one attached hydrogen (secondary N) is 2. The highest BCUT2D eigenvalue weighted by Crippen LogP contribution is 2.51. The molecule has 2 aliphatic heterocycles. The zero-order valence-corrected chi connectivity index (χ0v) is 11.8. The molecule has 0 unspecified atom stereocenters. The third-order valence-electron chi connectivity index (χ3n) is 4.37. The van der Waals surface area contributed by atoms with Crippen molar-refractivity contribution in [2.75, 3.05) is 16.8 Å². The summed E-state index contributed by atoms with van der Waals surface area (Å²) in [5.41, 5.74) is 1.40. The summed E-state index contributed by atoms with van der Waals surface area (Å²) in [5, 5.41) is 9.51. The van der Waals surface area contributed by atoms with Gasteiger partial charge in [-0.2, -0.15) is 5.10 Å². The fourth-order valence-corrected chi connectivity index (χ4v) is 3.49. The highest BCUT2D eigenvalue weighted by atomic mass is 16.2. The van der Waals surface area contributed by atoms with Crippen LogP contribution in [-0.4, -0.2) is 28.6 Å². The minimum Gasteiger partial charge on any atom is -0.311 e. The predicted molar refractivity (Wildman–Crippen MR) is 81.6 cm³/mol. The summed E-state index contributed by atoms with van der Waals surface area (Å²) in [6, 6.07) is 7.58. The van der Waals surface area contributed by atoms with E-state index in [0.29, 0.717) is 12.4 Å². The molecule has 1 aromatic heterocycles. The van der Waals surface area contributed by atoms with Crippen LogP contribution in [0.15, 0.2) is 43.1 Å². The van der Waals surface area contributed by atoms with Crippen LogP contribution in [0.2, 0.25) is 0 Å². The first-order valence-electron chi connectivity index (χ1n) is 7.04. The first kappa shape index (κ1) is 12.8. The Morgan fingerprint density at radius 2 is 2.14 bits per heavy atom. The summed E-state index contributed by atoms with van der Waals surface area (Å²) in [6.45, 7) is 4.13. The average Bonchev–Trinajstić information content (AvgIpc) is 3.06. The highest BCUT2D eigenvalue weighted by molar-refractivity contribution is 6.15. The third kappa shape index (κ3) is 1.41. The van der Waals surface area contributed by atoms with Gasteiger partial charge in [-0.25, -0.2) is 0 Å². The maximum atomic E-state index is 13.2. The molecule has 1 atom stereocenters. The van der Waals surface area contributed by atoms with E-state index in [0.717, 1.165) is 16.8 Å². The largest absolute Gasteiger partial charge is 0.311 e. The summed E-state index contributed by atoms with van der Waals surface area (Å²) in [6.07, 6.45) is 3.40. The van der Waals surface area contributed by atoms with Gasteiger partial charge >= 0.3 is 0 Å². The smallest absolute Gasteiger partial charge is 0.243 e. The summed E-state index contributed by atoms with van der Waals surface area (Å²) in [7, 11) is 0. The molecule has 22 heavy (non-hydrogen) atoms. The number of aromatic nitrogens is 2. The average molecular weight is 294 g/mol. The van der Waals surface area contributed by atoms with Gasteiger partial charge in [0.1, 0.15) is 11.2 Å². The maximum absolute atomic E-state index is 13.2. The summed E-state index contributed by atoms with van der Waals surface area (Å²) in [4.78, 5) is 27.0. The number of H-pyrrole nitrogens is 1. The van der Waals surface area contributed by atoms with E-state index in [4.69, 9.17) is 0 Å². The number of carbonyl (C=O) groups is 2. The van der Waals surface area contributed by atoms with Crippen molar-refractivity contribution in [3.63, 3.8) is 0 Å². The number of fused-ring (bicyclic) bond motifs is 4. The Morgan fingerprint density at radius 3 is 2.95 bits per heavy atom. The lowest BCUT2D eigenvalue weighted by Crippen LogP contribution is -2.46. The molecule has 4 rings (SSSR count). The van der Waals surface area contributed by atoms with E-state index < -0.39 is 5.41 Å². The van der Waals surface area contributed by atoms with Gasteiger partial charge in [0.15, 0.2) is 0 Å². The molecule has 6 heteroatoms. The fourth-order valence-electron chi connectivity index (χ4n) is 3.49. The molecule has 2 N–H and O–H groups in total. The monoisotopic (exact) mass is 294 g/mol. The molecule has 110 valence electrons. The van der Waals surface area contributed by atoms with Gasteiger partial charge in [0.25, 0.3) is 0 Å². The normalized spacial score (nSPS) is 22.5. The van der Waals surface area contributed by atoms with Gasteiger partial charge in [-0.15, -0.1) is 6.58 Å². The van der Waals surface area contributed by atoms with E-state index in [1.165, 1.54) is 0 Å². The van der Waals surface area contributed by atoms with Gasteiger partial charge in [0, 0.05) is 24.2 Å². The Labute approximate surface area is 126 Å². The molecule has 3 heterocycles. The molecule has 1 aromatic carbocycles. The number of carbonyl (C=O) groups excluding carboxylic acids is 2. The van der Waals surface area contributed by atoms with E-state index in [2.05, 4.69) is 22.1 Å². The number of rotatable bonds is 2. The topological polar surface area (TPSA) is 78.1 Å². The van der Waals surface area contributed by atoms with Crippen LogP contribution in [0.4, 0.5) is 11.5 Å². The van der Waals surface area contributed by atoms with Crippen LogP contribution in [0, 0.1) is 0 Å². The van der Waals surface area contributed by atoms with E-state index in [-0.39, 0.29) is 18.2 Å². The van der Waals surface area contributed by atoms with Gasteiger partial charge in [-0.1, -0.05) is 24.3 Å². The second-order valence-corrected chi connectivity index (χ2v) is 5.51. The molecule has 0 saturated carbocycles. The predicted octanol–water partition coefficient (Wildman–Crippen LogP) is 1.57. The number of benzene rings is 1. The quantitative estimate of drug-likeness (QED) is 0.825. The molecule has 0 aliphatic carbocycles. The first-order chi connectivity index (χ1) is 10.7. The molecule has 2 aliphatic rings. The van der Waals surface area contributed by atoms with Crippen LogP contribution in [-0.2, 0) is 15.0 Å². The molecule has 0 bridgehead atoms. The van der Waals surface area contributed by atoms with Crippen molar-refractivity contribution < 1.29 is 9.59 Å². The van der Waals surface area contributed by atoms with Crippen molar-refractivity contribution in [2.24, 2.45) is 0 Å². The van der Waals surface area contributed by atoms with Crippen molar-refractivity contribution in [2.45, 2.75) is 11.8 Å². The number of amides is 2. The second kappa shape index (κ2) is 4.30. The van der Waals surface area contributed by atoms with Gasteiger partial charge < -0.3 is 10.2 Å². The third-order valence-corrected chi connectivity index (χ3v) is 4.37. The Balaban J connectivity index is 2.02. The molecular weight excluding hydrogens is 280 g/mol. The lowest BCUT2D eigenvalue weighted by atomic mass is 9.72. The zero-order chi connectivity index (χ0) is 15.3. The van der Waals surface area contributed by atoms with Crippen LogP contribution in [0.3, 0.4) is 0 Å². The van der Waals surface area contributed by atoms with Gasteiger partial charge in [0.05, 0.1) is 6.20 Å². The zero-order valence-electron chi connectivity index (χ0n) is 11.8. The number of hydrogen-bond donors (Lipinski definition) is 2. The van der Waals surface area contributed by atoms with Gasteiger partial charge in [-0.05, 0) is 11.6 Å². The van der Waals surface area contributed by atoms with E-state index in [1.807, 2.05) is 24.3 Å². The van der Waals surface area contributed by atoms with Crippen molar-refractivity contribution in [3.8, 4) is 0 Å². The maximum Gasteiger partial charge on any atom is 0.243 e. The van der Waals surface area contributed by atoms with Gasteiger partial charge in [-0.3, -0.25) is 14.7 Å². The van der Waals surface area contributed by atoms with Crippen LogP contribution >= 0.6 is 0 Å². The molecular formula is C16H14N4O2. The van der Waals surface area contributed by atoms with Gasteiger partial charge in [0.2, 0.25) is 11.8 Å². The molecule has 0 fully saturated rings. The van der Waals surface area contributed by atoms with Crippen molar-refractivity contribution >= 4 is 23.3 Å². The van der Waals surface area contributed by atoms with Crippen LogP contribution < -0.4 is 10.2 Å². The molecule has 2 amide bonds. The number of aromatic amines is 1. The molecule has 0 saturated heterocycles. The number of nitrogens with zero attached hydrogens (tertiary/aromatic N) is 2. The minimum absolute atomic E-state index is 0.0863. The number of para-hydroxylation sites is 1. The Bertz CT molecular complexity index is 810. The standard InChI is InChI=1S/C16H14N4O2/c1-2-7-20-12-6-4-3-5-10(12)16(15(20)22)8-13(21)18-14-11(16)9-17-19-14/h2-6,9H,1,7-8H2,(H2,17,18,19,21)/t16-/m1/s1. The van der Waals surface area contributed by atoms with Crippen LogP contribution in [0.1, 0.15) is 17.5 Å². The highest BCUT2D eigenvalue weighted by Gasteiger charge is 2.56. The van der Waals surface area contributed by atoms with E-state index in [1.54, 1.807) is 17.2 Å². The Morgan fingerprint density at radius 1 is 1.32 bits per heavy atom. The summed E-state index contributed by atoms with van der Waals surface area (Å²) in [5.74, 6) is 0.200. The lowest BCUT2D eigenvalue weighted by molar-refractivity contribution is -0.126. The fraction of sp³-hybridized carbons (Fsp3) is 0.188.